The number of esters is 1. The summed E-state index contributed by atoms with van der Waals surface area (Å²) in [6, 6.07) is 37.7. The average molecular weight is 1010 g/mol. The van der Waals surface area contributed by atoms with E-state index < -0.39 is 0 Å². The molecule has 2 heterocycles. The third-order valence-electron chi connectivity index (χ3n) is 15.1. The van der Waals surface area contributed by atoms with Gasteiger partial charge in [0.1, 0.15) is 11.5 Å². The van der Waals surface area contributed by atoms with Crippen molar-refractivity contribution < 1.29 is 33.2 Å². The molecule has 0 radical (unpaired) electrons. The van der Waals surface area contributed by atoms with E-state index in [1.165, 1.54) is 81.5 Å². The van der Waals surface area contributed by atoms with Gasteiger partial charge in [-0.15, -0.1) is 0 Å². The van der Waals surface area contributed by atoms with Gasteiger partial charge in [-0.1, -0.05) is 105 Å². The third-order valence-corrected chi connectivity index (χ3v) is 16.1. The second-order valence-corrected chi connectivity index (χ2v) is 21.4. The van der Waals surface area contributed by atoms with Gasteiger partial charge in [-0.3, -0.25) is 5.01 Å². The number of thiazole rings is 1. The lowest BCUT2D eigenvalue weighted by Crippen LogP contribution is -2.46. The zero-order chi connectivity index (χ0) is 50.0. The van der Waals surface area contributed by atoms with Gasteiger partial charge in [0, 0.05) is 37.6 Å². The van der Waals surface area contributed by atoms with Crippen LogP contribution in [0.5, 0.6) is 11.5 Å². The number of unbranched alkanes of at least 4 members (excludes halogenated alkanes) is 3. The Kier molecular flexibility index (Phi) is 19.7. The molecule has 9 rings (SSSR count). The van der Waals surface area contributed by atoms with E-state index in [0.717, 1.165) is 106 Å². The summed E-state index contributed by atoms with van der Waals surface area (Å²) in [5.41, 5.74) is 11.4. The summed E-state index contributed by atoms with van der Waals surface area (Å²) in [6.07, 6.45) is 19.2. The average Bonchev–Trinajstić information content (AvgIpc) is 4.10. The van der Waals surface area contributed by atoms with Crippen molar-refractivity contribution in [2.24, 2.45) is 5.92 Å². The summed E-state index contributed by atoms with van der Waals surface area (Å²) in [7, 11) is 0. The van der Waals surface area contributed by atoms with Crippen molar-refractivity contribution in [3.8, 4) is 22.6 Å². The van der Waals surface area contributed by atoms with Crippen LogP contribution in [0.4, 0.5) is 5.13 Å². The molecule has 10 nitrogen and oxygen atoms in total. The molecule has 0 amide bonds. The predicted molar refractivity (Wildman–Crippen MR) is 296 cm³/mol. The van der Waals surface area contributed by atoms with Crippen molar-refractivity contribution in [2.75, 3.05) is 44.7 Å². The Hall–Kier alpha value is -5.30. The van der Waals surface area contributed by atoms with Gasteiger partial charge in [0.05, 0.1) is 62.1 Å². The molecule has 2 atom stereocenters. The van der Waals surface area contributed by atoms with E-state index in [-0.39, 0.29) is 12.1 Å². The first kappa shape index (κ1) is 52.6. The Labute approximate surface area is 437 Å². The monoisotopic (exact) mass is 1010 g/mol. The summed E-state index contributed by atoms with van der Waals surface area (Å²) >= 11 is 1.78. The zero-order valence-electron chi connectivity index (χ0n) is 43.1. The maximum atomic E-state index is 11.3. The number of anilines is 1. The molecule has 3 aliphatic rings. The number of benzene rings is 5. The first-order valence-corrected chi connectivity index (χ1v) is 28.3. The molecule has 73 heavy (non-hydrogen) atoms. The van der Waals surface area contributed by atoms with Gasteiger partial charge in [-0.05, 0) is 164 Å². The standard InChI is InChI=1S/C62H77N3O7S/c1-3-54-38-46(44-71-54)42-67-33-14-36-69-57-31-25-49-37-45(19-20-51(49)40-57)43-72-56-27-21-47(22-28-56)50-26-32-58(48-23-29-55(30-24-48)68-34-12-5-6-13-35-70-61(66)4-2)52(39-50)41-63-65(53-15-8-7-9-16-53)62-64-59-17-10-11-18-60(59)73-62/h4,10-11,17-20,23-26,29-32,37,39-40,46-47,53-54,56,63H,2-3,5-9,12-16,21-22,27-28,33-36,38,41-44H2,1H3. The van der Waals surface area contributed by atoms with E-state index in [4.69, 9.17) is 33.4 Å². The molecule has 1 N–H and O–H groups in total. The Balaban J connectivity index is 0.795. The van der Waals surface area contributed by atoms with Crippen LogP contribution < -0.4 is 19.9 Å². The van der Waals surface area contributed by atoms with Gasteiger partial charge in [-0.2, -0.15) is 0 Å². The second kappa shape index (κ2) is 27.3. The van der Waals surface area contributed by atoms with Crippen molar-refractivity contribution in [3.05, 3.63) is 132 Å². The van der Waals surface area contributed by atoms with Crippen molar-refractivity contribution in [3.63, 3.8) is 0 Å². The minimum Gasteiger partial charge on any atom is -0.494 e. The lowest BCUT2D eigenvalue weighted by molar-refractivity contribution is -0.137. The molecule has 388 valence electrons. The highest BCUT2D eigenvalue weighted by Crippen LogP contribution is 2.38. The number of hydrogen-bond acceptors (Lipinski definition) is 11. The molecule has 2 saturated carbocycles. The van der Waals surface area contributed by atoms with E-state index in [1.807, 2.05) is 0 Å². The lowest BCUT2D eigenvalue weighted by atomic mass is 9.81. The fraction of sp³-hybridized carbons (Fsp3) is 0.484. The first-order chi connectivity index (χ1) is 36.0. The molecule has 1 aromatic heterocycles. The van der Waals surface area contributed by atoms with Gasteiger partial charge in [0.15, 0.2) is 0 Å². The number of rotatable bonds is 27. The fourth-order valence-electron chi connectivity index (χ4n) is 10.8. The maximum Gasteiger partial charge on any atom is 0.330 e. The number of aromatic nitrogens is 1. The van der Waals surface area contributed by atoms with Crippen LogP contribution in [0.2, 0.25) is 0 Å². The van der Waals surface area contributed by atoms with Crippen LogP contribution in [0.3, 0.4) is 0 Å². The number of nitrogens with one attached hydrogen (secondary N) is 1. The number of ether oxygens (including phenoxy) is 6. The fourth-order valence-corrected chi connectivity index (χ4v) is 11.9. The van der Waals surface area contributed by atoms with Crippen LogP contribution >= 0.6 is 11.3 Å². The Morgan fingerprint density at radius 1 is 0.795 bits per heavy atom. The van der Waals surface area contributed by atoms with Gasteiger partial charge in [0.25, 0.3) is 0 Å². The van der Waals surface area contributed by atoms with Crippen molar-refractivity contribution in [1.29, 1.82) is 0 Å². The molecule has 0 spiro atoms. The van der Waals surface area contributed by atoms with Gasteiger partial charge < -0.3 is 28.4 Å². The van der Waals surface area contributed by atoms with Crippen molar-refractivity contribution in [1.82, 2.24) is 10.4 Å². The summed E-state index contributed by atoms with van der Waals surface area (Å²) in [4.78, 5) is 16.4. The molecule has 2 aliphatic carbocycles. The summed E-state index contributed by atoms with van der Waals surface area (Å²) < 4.78 is 36.9. The quantitative estimate of drug-likeness (QED) is 0.0232. The van der Waals surface area contributed by atoms with Crippen LogP contribution in [0, 0.1) is 5.92 Å². The van der Waals surface area contributed by atoms with Crippen LogP contribution in [0.1, 0.15) is 132 Å². The number of carbonyl (C=O) groups is 1. The number of nitrogens with zero attached hydrogens (tertiary/aromatic N) is 2. The molecule has 1 saturated heterocycles. The molecule has 5 aromatic carbocycles. The number of para-hydroxylation sites is 1. The molecule has 11 heteroatoms. The molecular weight excluding hydrogens is 931 g/mol. The third kappa shape index (κ3) is 15.2. The van der Waals surface area contributed by atoms with Crippen LogP contribution in [0.25, 0.3) is 32.1 Å². The van der Waals surface area contributed by atoms with Crippen molar-refractivity contribution >= 4 is 43.4 Å². The van der Waals surface area contributed by atoms with Gasteiger partial charge >= 0.3 is 5.97 Å². The zero-order valence-corrected chi connectivity index (χ0v) is 43.9. The topological polar surface area (TPSA) is 101 Å². The Bertz CT molecular complexity index is 2620. The summed E-state index contributed by atoms with van der Waals surface area (Å²) in [5.74, 6) is 2.42. The van der Waals surface area contributed by atoms with Crippen molar-refractivity contribution in [2.45, 2.75) is 147 Å². The summed E-state index contributed by atoms with van der Waals surface area (Å²) in [5, 5.41) is 5.84. The lowest BCUT2D eigenvalue weighted by Gasteiger charge is -2.35. The molecule has 0 bridgehead atoms. The molecule has 3 fully saturated rings. The second-order valence-electron chi connectivity index (χ2n) is 20.4. The van der Waals surface area contributed by atoms with E-state index in [2.05, 4.69) is 127 Å². The normalized spacial score (nSPS) is 19.3. The highest BCUT2D eigenvalue weighted by atomic mass is 32.1. The van der Waals surface area contributed by atoms with Crippen LogP contribution in [-0.2, 0) is 36.9 Å². The largest absolute Gasteiger partial charge is 0.494 e. The number of fused-ring (bicyclic) bond motifs is 2. The minimum atomic E-state index is -0.360. The molecule has 6 aromatic rings. The number of hydrazine groups is 1. The number of carbonyl (C=O) groups excluding carboxylic acids is 1. The van der Waals surface area contributed by atoms with Crippen LogP contribution in [-0.4, -0.2) is 68.8 Å². The van der Waals surface area contributed by atoms with E-state index in [0.29, 0.717) is 63.6 Å². The van der Waals surface area contributed by atoms with Crippen LogP contribution in [0.15, 0.2) is 116 Å². The molecule has 2 unspecified atom stereocenters. The maximum absolute atomic E-state index is 11.3. The predicted octanol–water partition coefficient (Wildman–Crippen LogP) is 14.5. The summed E-state index contributed by atoms with van der Waals surface area (Å²) in [6.45, 7) is 11.0. The Morgan fingerprint density at radius 3 is 2.37 bits per heavy atom. The SMILES string of the molecule is C=CC(=O)OCCCCCCOc1ccc(-c2ccc(C3CCC(OCc4ccc5cc(OCCCOCC6COC(CC)C6)ccc5c4)CC3)cc2CNN(c2nc3ccccc3s2)C2CCCCC2)cc1. The van der Waals surface area contributed by atoms with Gasteiger partial charge in [-0.25, -0.2) is 15.2 Å². The van der Waals surface area contributed by atoms with E-state index >= 15 is 0 Å². The highest BCUT2D eigenvalue weighted by Gasteiger charge is 2.27. The molecular formula is C62H77N3O7S. The first-order valence-electron chi connectivity index (χ1n) is 27.5. The van der Waals surface area contributed by atoms with E-state index in [1.54, 1.807) is 11.3 Å². The number of hydrogen-bond donors (Lipinski definition) is 1. The van der Waals surface area contributed by atoms with E-state index in [9.17, 15) is 4.79 Å². The Morgan fingerprint density at radius 2 is 1.56 bits per heavy atom. The minimum absolute atomic E-state index is 0.249. The van der Waals surface area contributed by atoms with Gasteiger partial charge in [0.2, 0.25) is 5.13 Å². The molecule has 1 aliphatic heterocycles. The highest BCUT2D eigenvalue weighted by molar-refractivity contribution is 7.22. The smallest absolute Gasteiger partial charge is 0.330 e.